The Morgan fingerprint density at radius 3 is 2.42 bits per heavy atom. The molecule has 12 heavy (non-hydrogen) atoms. The second kappa shape index (κ2) is 3.36. The smallest absolute Gasteiger partial charge is 0.335 e. The molecule has 4 N–H and O–H groups in total. The topological polar surface area (TPSA) is 107 Å². The molecule has 1 saturated heterocycles. The predicted octanol–water partition coefficient (Wildman–Crippen LogP) is -2.10. The standard InChI is InChI=1S/C6H10O6/c7-2-1-3(8)12-5(4(2)9)6(10)11/h2-5,7-9H,1H2,(H,10,11)/t2-,3?,4-,5+/m1/s1. The Balaban J connectivity index is 2.66. The number of carboxylic acid groups (broad SMARTS) is 1. The van der Waals surface area contributed by atoms with E-state index in [0.29, 0.717) is 0 Å². The van der Waals surface area contributed by atoms with Crippen molar-refractivity contribution in [1.82, 2.24) is 0 Å². The van der Waals surface area contributed by atoms with Crippen LogP contribution in [0.4, 0.5) is 0 Å². The summed E-state index contributed by atoms with van der Waals surface area (Å²) in [6.45, 7) is 0. The van der Waals surface area contributed by atoms with Gasteiger partial charge in [0, 0.05) is 6.42 Å². The van der Waals surface area contributed by atoms with Gasteiger partial charge in [-0.05, 0) is 0 Å². The van der Waals surface area contributed by atoms with Gasteiger partial charge in [0.25, 0.3) is 0 Å². The van der Waals surface area contributed by atoms with Gasteiger partial charge in [0.2, 0.25) is 0 Å². The number of hydrogen-bond donors (Lipinski definition) is 4. The van der Waals surface area contributed by atoms with Crippen LogP contribution in [0.3, 0.4) is 0 Å². The Hall–Kier alpha value is -0.690. The minimum atomic E-state index is -1.55. The van der Waals surface area contributed by atoms with Gasteiger partial charge in [-0.1, -0.05) is 0 Å². The van der Waals surface area contributed by atoms with Crippen LogP contribution < -0.4 is 0 Å². The lowest BCUT2D eigenvalue weighted by molar-refractivity contribution is -0.236. The molecule has 70 valence electrons. The molecule has 0 aliphatic carbocycles. The molecule has 1 heterocycles. The predicted molar refractivity (Wildman–Crippen MR) is 35.1 cm³/mol. The molecular formula is C6H10O6. The van der Waals surface area contributed by atoms with Crippen LogP contribution in [0.25, 0.3) is 0 Å². The van der Waals surface area contributed by atoms with Crippen molar-refractivity contribution in [1.29, 1.82) is 0 Å². The summed E-state index contributed by atoms with van der Waals surface area (Å²) in [5.74, 6) is -1.40. The minimum Gasteiger partial charge on any atom is -0.479 e. The molecule has 6 heteroatoms. The second-order valence-electron chi connectivity index (χ2n) is 2.64. The lowest BCUT2D eigenvalue weighted by atomic mass is 10.0. The van der Waals surface area contributed by atoms with E-state index >= 15 is 0 Å². The van der Waals surface area contributed by atoms with Crippen molar-refractivity contribution < 1.29 is 30.0 Å². The van der Waals surface area contributed by atoms with Crippen LogP contribution in [-0.4, -0.2) is 51.0 Å². The summed E-state index contributed by atoms with van der Waals surface area (Å²) >= 11 is 0. The quantitative estimate of drug-likeness (QED) is 0.366. The SMILES string of the molecule is O=C(O)[C@H]1OC(O)C[C@@H](O)[C@H]1O. The molecule has 1 unspecified atom stereocenters. The van der Waals surface area contributed by atoms with Gasteiger partial charge in [-0.15, -0.1) is 0 Å². The summed E-state index contributed by atoms with van der Waals surface area (Å²) in [4.78, 5) is 10.3. The molecule has 0 aromatic rings. The normalized spacial score (nSPS) is 42.6. The third-order valence-electron chi connectivity index (χ3n) is 1.69. The van der Waals surface area contributed by atoms with Gasteiger partial charge >= 0.3 is 5.97 Å². The fraction of sp³-hybridized carbons (Fsp3) is 0.833. The molecule has 1 aliphatic heterocycles. The minimum absolute atomic E-state index is 0.176. The van der Waals surface area contributed by atoms with Crippen LogP contribution in [-0.2, 0) is 9.53 Å². The molecule has 0 spiro atoms. The van der Waals surface area contributed by atoms with Crippen molar-refractivity contribution >= 4 is 5.97 Å². The molecule has 1 fully saturated rings. The van der Waals surface area contributed by atoms with Crippen molar-refractivity contribution in [3.8, 4) is 0 Å². The van der Waals surface area contributed by atoms with Gasteiger partial charge in [0.15, 0.2) is 12.4 Å². The highest BCUT2D eigenvalue weighted by molar-refractivity contribution is 5.73. The lowest BCUT2D eigenvalue weighted by Crippen LogP contribution is -2.51. The first-order valence-corrected chi connectivity index (χ1v) is 3.45. The van der Waals surface area contributed by atoms with E-state index in [4.69, 9.17) is 20.4 Å². The molecule has 0 saturated carbocycles. The fourth-order valence-corrected chi connectivity index (χ4v) is 1.06. The Morgan fingerprint density at radius 1 is 1.33 bits per heavy atom. The largest absolute Gasteiger partial charge is 0.479 e. The van der Waals surface area contributed by atoms with Crippen LogP contribution >= 0.6 is 0 Å². The zero-order chi connectivity index (χ0) is 9.30. The van der Waals surface area contributed by atoms with E-state index < -0.39 is 30.6 Å². The maximum absolute atomic E-state index is 10.3. The summed E-state index contributed by atoms with van der Waals surface area (Å²) in [7, 11) is 0. The first-order valence-electron chi connectivity index (χ1n) is 3.45. The van der Waals surface area contributed by atoms with Gasteiger partial charge in [0.05, 0.1) is 6.10 Å². The molecular weight excluding hydrogens is 168 g/mol. The highest BCUT2D eigenvalue weighted by Gasteiger charge is 2.40. The number of rotatable bonds is 1. The third-order valence-corrected chi connectivity index (χ3v) is 1.69. The maximum atomic E-state index is 10.3. The zero-order valence-electron chi connectivity index (χ0n) is 6.12. The monoisotopic (exact) mass is 178 g/mol. The first-order chi connectivity index (χ1) is 5.52. The Kier molecular flexibility index (Phi) is 2.63. The first kappa shape index (κ1) is 9.40. The number of aliphatic carboxylic acids is 1. The number of carboxylic acids is 1. The van der Waals surface area contributed by atoms with E-state index in [2.05, 4.69) is 4.74 Å². The van der Waals surface area contributed by atoms with E-state index in [9.17, 15) is 4.79 Å². The maximum Gasteiger partial charge on any atom is 0.335 e. The zero-order valence-corrected chi connectivity index (χ0v) is 6.12. The number of hydrogen-bond acceptors (Lipinski definition) is 5. The second-order valence-corrected chi connectivity index (χ2v) is 2.64. The van der Waals surface area contributed by atoms with Crippen molar-refractivity contribution in [2.75, 3.05) is 0 Å². The van der Waals surface area contributed by atoms with E-state index in [-0.39, 0.29) is 6.42 Å². The van der Waals surface area contributed by atoms with E-state index in [0.717, 1.165) is 0 Å². The summed E-state index contributed by atoms with van der Waals surface area (Å²) in [5, 5.41) is 35.4. The van der Waals surface area contributed by atoms with E-state index in [1.165, 1.54) is 0 Å². The molecule has 4 atom stereocenters. The van der Waals surface area contributed by atoms with Gasteiger partial charge in [-0.25, -0.2) is 4.79 Å². The van der Waals surface area contributed by atoms with Crippen LogP contribution in [0.1, 0.15) is 6.42 Å². The average Bonchev–Trinajstić information content (AvgIpc) is 1.96. The molecule has 0 radical (unpaired) electrons. The average molecular weight is 178 g/mol. The molecule has 0 aromatic carbocycles. The van der Waals surface area contributed by atoms with Gasteiger partial charge in [-0.3, -0.25) is 0 Å². The van der Waals surface area contributed by atoms with Crippen molar-refractivity contribution in [2.45, 2.75) is 31.0 Å². The Bertz CT molecular complexity index is 181. The van der Waals surface area contributed by atoms with Crippen LogP contribution in [0.5, 0.6) is 0 Å². The number of carbonyl (C=O) groups is 1. The summed E-state index contributed by atoms with van der Waals surface area (Å²) < 4.78 is 4.48. The number of ether oxygens (including phenoxy) is 1. The fourth-order valence-electron chi connectivity index (χ4n) is 1.06. The van der Waals surface area contributed by atoms with Gasteiger partial charge in [0.1, 0.15) is 6.10 Å². The van der Waals surface area contributed by atoms with Crippen molar-refractivity contribution in [3.63, 3.8) is 0 Å². The van der Waals surface area contributed by atoms with Crippen LogP contribution in [0, 0.1) is 0 Å². The molecule has 1 aliphatic rings. The van der Waals surface area contributed by atoms with E-state index in [1.807, 2.05) is 0 Å². The summed E-state index contributed by atoms with van der Waals surface area (Å²) in [6.07, 6.45) is -5.79. The number of aliphatic hydroxyl groups excluding tert-OH is 3. The van der Waals surface area contributed by atoms with Crippen molar-refractivity contribution in [2.24, 2.45) is 0 Å². The summed E-state index contributed by atoms with van der Waals surface area (Å²) in [6, 6.07) is 0. The number of aliphatic hydroxyl groups is 3. The molecule has 0 aromatic heterocycles. The molecule has 1 rings (SSSR count). The molecule has 6 nitrogen and oxygen atoms in total. The third kappa shape index (κ3) is 1.72. The molecule has 0 amide bonds. The van der Waals surface area contributed by atoms with Crippen LogP contribution in [0.15, 0.2) is 0 Å². The highest BCUT2D eigenvalue weighted by Crippen LogP contribution is 2.18. The van der Waals surface area contributed by atoms with Crippen molar-refractivity contribution in [3.05, 3.63) is 0 Å². The lowest BCUT2D eigenvalue weighted by Gasteiger charge is -2.32. The molecule has 0 bridgehead atoms. The van der Waals surface area contributed by atoms with Gasteiger partial charge < -0.3 is 25.2 Å². The van der Waals surface area contributed by atoms with E-state index in [1.54, 1.807) is 0 Å². The van der Waals surface area contributed by atoms with Gasteiger partial charge in [-0.2, -0.15) is 0 Å². The summed E-state index contributed by atoms with van der Waals surface area (Å²) in [5.41, 5.74) is 0. The highest BCUT2D eigenvalue weighted by atomic mass is 16.6. The van der Waals surface area contributed by atoms with Crippen LogP contribution in [0.2, 0.25) is 0 Å². The Labute approximate surface area is 68.0 Å². The Morgan fingerprint density at radius 2 is 1.92 bits per heavy atom.